The normalized spacial score (nSPS) is 28.5. The Morgan fingerprint density at radius 1 is 1.29 bits per heavy atom. The lowest BCUT2D eigenvalue weighted by atomic mass is 9.79. The average molecular weight is 343 g/mol. The van der Waals surface area contributed by atoms with E-state index in [-0.39, 0.29) is 11.9 Å². The number of aromatic nitrogens is 1. The van der Waals surface area contributed by atoms with E-state index < -0.39 is 0 Å². The van der Waals surface area contributed by atoms with Gasteiger partial charge in [-0.2, -0.15) is 0 Å². The van der Waals surface area contributed by atoms with Gasteiger partial charge in [0.2, 0.25) is 5.06 Å². The number of fused-ring (bicyclic) bond motifs is 3. The van der Waals surface area contributed by atoms with Gasteiger partial charge < -0.3 is 10.1 Å². The van der Waals surface area contributed by atoms with Crippen LogP contribution in [0.25, 0.3) is 0 Å². The van der Waals surface area contributed by atoms with E-state index in [1.165, 1.54) is 37.3 Å². The molecule has 2 aromatic rings. The molecule has 3 aliphatic heterocycles. The third-order valence-corrected chi connectivity index (χ3v) is 5.87. The molecule has 3 saturated heterocycles. The van der Waals surface area contributed by atoms with Crippen molar-refractivity contribution in [3.05, 3.63) is 41.5 Å². The average Bonchev–Trinajstić information content (AvgIpc) is 3.12. The lowest BCUT2D eigenvalue weighted by Gasteiger charge is -2.49. The van der Waals surface area contributed by atoms with Gasteiger partial charge in [0.05, 0.1) is 11.7 Å². The van der Waals surface area contributed by atoms with Gasteiger partial charge in [0.25, 0.3) is 5.91 Å². The smallest absolute Gasteiger partial charge is 0.251 e. The number of hydrogen-bond donors (Lipinski definition) is 1. The number of carbonyl (C=O) groups is 1. The first-order valence-corrected chi connectivity index (χ1v) is 9.30. The fourth-order valence-corrected chi connectivity index (χ4v) is 4.32. The molecule has 2 atom stereocenters. The minimum Gasteiger partial charge on any atom is -0.445 e. The molecule has 3 fully saturated rings. The number of thiazole rings is 1. The standard InChI is InChI=1S/C18H21N3O2S/c1-12-17(13-6-8-21(12)9-7-13)20-18(22)14-2-4-15(5-3-14)23-16-10-19-11-24-16/h2-5,10-13,17H,6-9H2,1H3,(H,20,22)/t12-,17-/m0/s1. The Kier molecular flexibility index (Phi) is 4.24. The van der Waals surface area contributed by atoms with Crippen LogP contribution in [-0.4, -0.2) is 41.0 Å². The molecule has 2 bridgehead atoms. The van der Waals surface area contributed by atoms with Gasteiger partial charge in [-0.1, -0.05) is 11.3 Å². The molecule has 24 heavy (non-hydrogen) atoms. The molecule has 1 aromatic carbocycles. The highest BCUT2D eigenvalue weighted by Crippen LogP contribution is 2.32. The number of carbonyl (C=O) groups excluding carboxylic acids is 1. The van der Waals surface area contributed by atoms with Crippen LogP contribution in [0, 0.1) is 5.92 Å². The van der Waals surface area contributed by atoms with Crippen molar-refractivity contribution >= 4 is 17.2 Å². The van der Waals surface area contributed by atoms with Gasteiger partial charge in [-0.3, -0.25) is 9.69 Å². The van der Waals surface area contributed by atoms with Gasteiger partial charge >= 0.3 is 0 Å². The van der Waals surface area contributed by atoms with E-state index in [9.17, 15) is 4.79 Å². The van der Waals surface area contributed by atoms with Gasteiger partial charge in [0.1, 0.15) is 5.75 Å². The molecule has 0 spiro atoms. The maximum absolute atomic E-state index is 12.6. The number of nitrogens with one attached hydrogen (secondary N) is 1. The van der Waals surface area contributed by atoms with Crippen molar-refractivity contribution < 1.29 is 9.53 Å². The van der Waals surface area contributed by atoms with E-state index in [2.05, 4.69) is 22.1 Å². The summed E-state index contributed by atoms with van der Waals surface area (Å²) in [5.74, 6) is 1.33. The van der Waals surface area contributed by atoms with Gasteiger partial charge in [0.15, 0.2) is 0 Å². The molecule has 0 aliphatic carbocycles. The number of nitrogens with zero attached hydrogens (tertiary/aromatic N) is 2. The van der Waals surface area contributed by atoms with Crippen LogP contribution in [0.5, 0.6) is 10.8 Å². The zero-order valence-electron chi connectivity index (χ0n) is 13.6. The number of piperidine rings is 3. The first-order chi connectivity index (χ1) is 11.7. The SMILES string of the molecule is C[C@H]1[C@H](NC(=O)c2ccc(Oc3cncs3)cc2)C2CCN1CC2. The summed E-state index contributed by atoms with van der Waals surface area (Å²) in [6.45, 7) is 4.56. The lowest BCUT2D eigenvalue weighted by Crippen LogP contribution is -2.62. The predicted octanol–water partition coefficient (Wildman–Crippen LogP) is 3.15. The molecule has 1 amide bonds. The maximum Gasteiger partial charge on any atom is 0.251 e. The van der Waals surface area contributed by atoms with Gasteiger partial charge in [0, 0.05) is 17.6 Å². The fraction of sp³-hybridized carbons (Fsp3) is 0.444. The zero-order chi connectivity index (χ0) is 16.5. The summed E-state index contributed by atoms with van der Waals surface area (Å²) in [7, 11) is 0. The molecule has 6 heteroatoms. The lowest BCUT2D eigenvalue weighted by molar-refractivity contribution is 0.0217. The van der Waals surface area contributed by atoms with Crippen LogP contribution in [0.1, 0.15) is 30.1 Å². The minimum atomic E-state index is 0.00457. The molecule has 3 aliphatic rings. The summed E-state index contributed by atoms with van der Waals surface area (Å²) in [6, 6.07) is 7.97. The van der Waals surface area contributed by atoms with Crippen molar-refractivity contribution in [2.45, 2.75) is 31.8 Å². The Labute approximate surface area is 145 Å². The quantitative estimate of drug-likeness (QED) is 0.926. The van der Waals surface area contributed by atoms with Crippen molar-refractivity contribution in [2.75, 3.05) is 13.1 Å². The molecular weight excluding hydrogens is 322 g/mol. The second kappa shape index (κ2) is 6.53. The van der Waals surface area contributed by atoms with Crippen LogP contribution >= 0.6 is 11.3 Å². The van der Waals surface area contributed by atoms with E-state index in [0.29, 0.717) is 23.3 Å². The van der Waals surface area contributed by atoms with Crippen molar-refractivity contribution in [3.8, 4) is 10.8 Å². The molecule has 5 rings (SSSR count). The predicted molar refractivity (Wildman–Crippen MR) is 93.6 cm³/mol. The van der Waals surface area contributed by atoms with Crippen LogP contribution in [0.2, 0.25) is 0 Å². The zero-order valence-corrected chi connectivity index (χ0v) is 14.5. The van der Waals surface area contributed by atoms with Crippen LogP contribution in [0.4, 0.5) is 0 Å². The van der Waals surface area contributed by atoms with Crippen molar-refractivity contribution in [2.24, 2.45) is 5.92 Å². The largest absolute Gasteiger partial charge is 0.445 e. The van der Waals surface area contributed by atoms with E-state index >= 15 is 0 Å². The second-order valence-corrected chi connectivity index (χ2v) is 7.41. The highest BCUT2D eigenvalue weighted by Gasteiger charge is 2.40. The molecule has 1 N–H and O–H groups in total. The molecule has 126 valence electrons. The fourth-order valence-electron chi connectivity index (χ4n) is 3.82. The molecule has 5 nitrogen and oxygen atoms in total. The molecular formula is C18H21N3O2S. The molecule has 1 aromatic heterocycles. The highest BCUT2D eigenvalue weighted by atomic mass is 32.1. The molecule has 4 heterocycles. The second-order valence-electron chi connectivity index (χ2n) is 6.56. The number of hydrogen-bond acceptors (Lipinski definition) is 5. The molecule has 0 unspecified atom stereocenters. The van der Waals surface area contributed by atoms with Crippen molar-refractivity contribution in [1.82, 2.24) is 15.2 Å². The number of amides is 1. The Morgan fingerprint density at radius 3 is 2.67 bits per heavy atom. The molecule has 0 radical (unpaired) electrons. The first-order valence-electron chi connectivity index (χ1n) is 8.42. The van der Waals surface area contributed by atoms with Crippen LogP contribution in [-0.2, 0) is 0 Å². The summed E-state index contributed by atoms with van der Waals surface area (Å²) in [5, 5.41) is 4.00. The number of benzene rings is 1. The van der Waals surface area contributed by atoms with E-state index in [1.807, 2.05) is 24.3 Å². The monoisotopic (exact) mass is 343 g/mol. The number of ether oxygens (including phenoxy) is 1. The van der Waals surface area contributed by atoms with Gasteiger partial charge in [-0.25, -0.2) is 4.98 Å². The van der Waals surface area contributed by atoms with Crippen LogP contribution < -0.4 is 10.1 Å². The minimum absolute atomic E-state index is 0.00457. The van der Waals surface area contributed by atoms with Crippen molar-refractivity contribution in [1.29, 1.82) is 0 Å². The Morgan fingerprint density at radius 2 is 2.04 bits per heavy atom. The van der Waals surface area contributed by atoms with Gasteiger partial charge in [-0.15, -0.1) is 0 Å². The van der Waals surface area contributed by atoms with Crippen LogP contribution in [0.3, 0.4) is 0 Å². The summed E-state index contributed by atoms with van der Waals surface area (Å²) in [5.41, 5.74) is 2.40. The Hall–Kier alpha value is -1.92. The number of rotatable bonds is 4. The third kappa shape index (κ3) is 3.03. The molecule has 0 saturated carbocycles. The summed E-state index contributed by atoms with van der Waals surface area (Å²) >= 11 is 1.44. The topological polar surface area (TPSA) is 54.5 Å². The van der Waals surface area contributed by atoms with E-state index in [4.69, 9.17) is 4.74 Å². The highest BCUT2D eigenvalue weighted by molar-refractivity contribution is 7.11. The first kappa shape index (κ1) is 15.6. The Balaban J connectivity index is 1.41. The summed E-state index contributed by atoms with van der Waals surface area (Å²) in [4.78, 5) is 19.0. The van der Waals surface area contributed by atoms with Crippen molar-refractivity contribution in [3.63, 3.8) is 0 Å². The summed E-state index contributed by atoms with van der Waals surface area (Å²) < 4.78 is 5.68. The van der Waals surface area contributed by atoms with E-state index in [0.717, 1.165) is 5.06 Å². The third-order valence-electron chi connectivity index (χ3n) is 5.22. The summed E-state index contributed by atoms with van der Waals surface area (Å²) in [6.07, 6.45) is 4.06. The Bertz CT molecular complexity index is 692. The van der Waals surface area contributed by atoms with Gasteiger partial charge in [-0.05, 0) is 63.0 Å². The van der Waals surface area contributed by atoms with E-state index in [1.54, 1.807) is 11.7 Å². The van der Waals surface area contributed by atoms with Crippen LogP contribution in [0.15, 0.2) is 36.0 Å². The maximum atomic E-state index is 12.6.